The number of ether oxygens (including phenoxy) is 2. The van der Waals surface area contributed by atoms with Gasteiger partial charge in [0, 0.05) is 31.1 Å². The van der Waals surface area contributed by atoms with Crippen molar-refractivity contribution in [2.45, 2.75) is 32.5 Å². The first-order chi connectivity index (χ1) is 12.0. The first kappa shape index (κ1) is 16.9. The summed E-state index contributed by atoms with van der Waals surface area (Å²) in [6, 6.07) is 3.48. The van der Waals surface area contributed by atoms with E-state index in [0.717, 1.165) is 23.3 Å². The molecular formula is C16H21N5O4. The summed E-state index contributed by atoms with van der Waals surface area (Å²) in [6.07, 6.45) is 0.995. The van der Waals surface area contributed by atoms with Crippen molar-refractivity contribution in [1.82, 2.24) is 25.4 Å². The average molecular weight is 347 g/mol. The van der Waals surface area contributed by atoms with E-state index in [1.54, 1.807) is 14.2 Å². The quantitative estimate of drug-likeness (QED) is 0.727. The van der Waals surface area contributed by atoms with Gasteiger partial charge in [0.15, 0.2) is 5.82 Å². The van der Waals surface area contributed by atoms with Crippen molar-refractivity contribution in [2.75, 3.05) is 7.11 Å². The number of aromatic nitrogens is 3. The molecule has 0 radical (unpaired) electrons. The lowest BCUT2D eigenvalue weighted by molar-refractivity contribution is 0.239. The lowest BCUT2D eigenvalue weighted by Crippen LogP contribution is -2.35. The molecule has 2 aromatic rings. The maximum atomic E-state index is 12.0. The molecule has 1 unspecified atom stereocenters. The molecule has 1 aromatic heterocycles. The molecule has 0 spiro atoms. The fourth-order valence-corrected chi connectivity index (χ4v) is 2.74. The Hall–Kier alpha value is -2.97. The summed E-state index contributed by atoms with van der Waals surface area (Å²) in [6.45, 7) is 2.45. The smallest absolute Gasteiger partial charge is 0.343 e. The fourth-order valence-electron chi connectivity index (χ4n) is 2.74. The normalized spacial score (nSPS) is 15.4. The van der Waals surface area contributed by atoms with E-state index in [1.807, 2.05) is 19.1 Å². The van der Waals surface area contributed by atoms with Crippen molar-refractivity contribution in [2.24, 2.45) is 7.05 Å². The van der Waals surface area contributed by atoms with Gasteiger partial charge in [-0.2, -0.15) is 5.10 Å². The third kappa shape index (κ3) is 3.59. The zero-order chi connectivity index (χ0) is 18.0. The zero-order valence-corrected chi connectivity index (χ0v) is 14.4. The number of carbonyl (C=O) groups excluding carboxylic acids is 1. The van der Waals surface area contributed by atoms with Crippen molar-refractivity contribution in [3.8, 4) is 11.5 Å². The third-order valence-corrected chi connectivity index (χ3v) is 4.12. The topological polar surface area (TPSA) is 110 Å². The minimum absolute atomic E-state index is 0.142. The number of carbonyl (C=O) groups is 1. The van der Waals surface area contributed by atoms with Crippen molar-refractivity contribution in [3.05, 3.63) is 39.6 Å². The number of amides is 2. The van der Waals surface area contributed by atoms with Gasteiger partial charge in [0.2, 0.25) is 0 Å². The molecule has 0 bridgehead atoms. The number of rotatable bonds is 5. The van der Waals surface area contributed by atoms with Crippen LogP contribution in [0.15, 0.2) is 16.9 Å². The van der Waals surface area contributed by atoms with Crippen molar-refractivity contribution in [3.63, 3.8) is 0 Å². The molecule has 1 aliphatic rings. The van der Waals surface area contributed by atoms with Crippen LogP contribution < -0.4 is 25.8 Å². The highest BCUT2D eigenvalue weighted by Gasteiger charge is 2.21. The number of benzene rings is 1. The van der Waals surface area contributed by atoms with Gasteiger partial charge in [-0.05, 0) is 19.1 Å². The maximum Gasteiger partial charge on any atom is 0.343 e. The molecule has 1 atom stereocenters. The Kier molecular flexibility index (Phi) is 4.64. The minimum Gasteiger partial charge on any atom is -0.496 e. The van der Waals surface area contributed by atoms with E-state index in [-0.39, 0.29) is 24.4 Å². The summed E-state index contributed by atoms with van der Waals surface area (Å²) in [4.78, 5) is 23.2. The van der Waals surface area contributed by atoms with E-state index in [4.69, 9.17) is 9.47 Å². The molecule has 0 saturated heterocycles. The molecule has 0 aliphatic carbocycles. The predicted octanol–water partition coefficient (Wildman–Crippen LogP) is 0.440. The fraction of sp³-hybridized carbons (Fsp3) is 0.438. The Morgan fingerprint density at radius 2 is 2.20 bits per heavy atom. The van der Waals surface area contributed by atoms with Crippen molar-refractivity contribution in [1.29, 1.82) is 0 Å². The molecule has 3 N–H and O–H groups in total. The van der Waals surface area contributed by atoms with E-state index in [0.29, 0.717) is 18.1 Å². The third-order valence-electron chi connectivity index (χ3n) is 4.12. The van der Waals surface area contributed by atoms with Crippen molar-refractivity contribution < 1.29 is 14.3 Å². The SMILES string of the molecule is COc1cc2c(cc1CNC(=O)NCc1n[nH]c(=O)n1C)OC(C)C2. The first-order valence-electron chi connectivity index (χ1n) is 7.96. The highest BCUT2D eigenvalue weighted by Crippen LogP contribution is 2.34. The van der Waals surface area contributed by atoms with Gasteiger partial charge in [0.25, 0.3) is 0 Å². The summed E-state index contributed by atoms with van der Waals surface area (Å²) in [7, 11) is 3.18. The first-order valence-corrected chi connectivity index (χ1v) is 7.96. The summed E-state index contributed by atoms with van der Waals surface area (Å²) < 4.78 is 12.5. The Labute approximate surface area is 144 Å². The van der Waals surface area contributed by atoms with Crippen LogP contribution in [-0.2, 0) is 26.6 Å². The molecular weight excluding hydrogens is 326 g/mol. The van der Waals surface area contributed by atoms with Gasteiger partial charge < -0.3 is 20.1 Å². The van der Waals surface area contributed by atoms with Crippen LogP contribution in [0.1, 0.15) is 23.9 Å². The number of H-pyrrole nitrogens is 1. The largest absolute Gasteiger partial charge is 0.496 e. The maximum absolute atomic E-state index is 12.0. The number of hydrogen-bond acceptors (Lipinski definition) is 5. The second-order valence-electron chi connectivity index (χ2n) is 5.94. The summed E-state index contributed by atoms with van der Waals surface area (Å²) in [5.41, 5.74) is 1.61. The number of nitrogens with one attached hydrogen (secondary N) is 3. The van der Waals surface area contributed by atoms with Crippen LogP contribution in [0.5, 0.6) is 11.5 Å². The van der Waals surface area contributed by atoms with E-state index < -0.39 is 0 Å². The zero-order valence-electron chi connectivity index (χ0n) is 14.4. The Bertz CT molecular complexity index is 842. The van der Waals surface area contributed by atoms with Crippen LogP contribution in [0.2, 0.25) is 0 Å². The molecule has 1 aromatic carbocycles. The number of methoxy groups -OCH3 is 1. The van der Waals surface area contributed by atoms with E-state index in [2.05, 4.69) is 20.8 Å². The number of fused-ring (bicyclic) bond motifs is 1. The minimum atomic E-state index is -0.368. The van der Waals surface area contributed by atoms with Gasteiger partial charge in [-0.15, -0.1) is 0 Å². The molecule has 3 rings (SSSR count). The van der Waals surface area contributed by atoms with E-state index in [1.165, 1.54) is 4.57 Å². The van der Waals surface area contributed by atoms with Crippen LogP contribution in [0.3, 0.4) is 0 Å². The highest BCUT2D eigenvalue weighted by molar-refractivity contribution is 5.73. The lowest BCUT2D eigenvalue weighted by Gasteiger charge is -2.12. The summed E-state index contributed by atoms with van der Waals surface area (Å²) >= 11 is 0. The number of urea groups is 1. The summed E-state index contributed by atoms with van der Waals surface area (Å²) in [5, 5.41) is 11.6. The number of hydrogen-bond donors (Lipinski definition) is 3. The monoisotopic (exact) mass is 347 g/mol. The van der Waals surface area contributed by atoms with E-state index in [9.17, 15) is 9.59 Å². The highest BCUT2D eigenvalue weighted by atomic mass is 16.5. The molecule has 9 nitrogen and oxygen atoms in total. The van der Waals surface area contributed by atoms with Crippen LogP contribution in [0, 0.1) is 0 Å². The molecule has 2 amide bonds. The number of aromatic amines is 1. The molecule has 9 heteroatoms. The second kappa shape index (κ2) is 6.88. The molecule has 25 heavy (non-hydrogen) atoms. The van der Waals surface area contributed by atoms with Crippen LogP contribution in [-0.4, -0.2) is 34.0 Å². The van der Waals surface area contributed by atoms with Gasteiger partial charge >= 0.3 is 11.7 Å². The van der Waals surface area contributed by atoms with Gasteiger partial charge in [-0.1, -0.05) is 0 Å². The Morgan fingerprint density at radius 1 is 1.44 bits per heavy atom. The molecule has 0 fully saturated rings. The van der Waals surface area contributed by atoms with Crippen LogP contribution >= 0.6 is 0 Å². The van der Waals surface area contributed by atoms with Crippen molar-refractivity contribution >= 4 is 6.03 Å². The molecule has 1 aliphatic heterocycles. The van der Waals surface area contributed by atoms with Gasteiger partial charge in [-0.3, -0.25) is 4.57 Å². The number of nitrogens with zero attached hydrogens (tertiary/aromatic N) is 2. The van der Waals surface area contributed by atoms with Gasteiger partial charge in [0.1, 0.15) is 17.6 Å². The Morgan fingerprint density at radius 3 is 2.88 bits per heavy atom. The average Bonchev–Trinajstić information content (AvgIpc) is 3.11. The standard InChI is InChI=1S/C16H21N5O4/c1-9-4-10-5-12(24-3)11(6-13(10)25-9)7-17-15(22)18-8-14-19-20-16(23)21(14)2/h5-6,9H,4,7-8H2,1-3H3,(H,20,23)(H2,17,18,22). The van der Waals surface area contributed by atoms with Gasteiger partial charge in [0.05, 0.1) is 13.7 Å². The molecule has 0 saturated carbocycles. The molecule has 2 heterocycles. The van der Waals surface area contributed by atoms with Crippen LogP contribution in [0.25, 0.3) is 0 Å². The second-order valence-corrected chi connectivity index (χ2v) is 5.94. The van der Waals surface area contributed by atoms with E-state index >= 15 is 0 Å². The Balaban J connectivity index is 1.59. The van der Waals surface area contributed by atoms with Gasteiger partial charge in [-0.25, -0.2) is 14.7 Å². The lowest BCUT2D eigenvalue weighted by atomic mass is 10.1. The van der Waals surface area contributed by atoms with Crippen LogP contribution in [0.4, 0.5) is 4.79 Å². The summed E-state index contributed by atoms with van der Waals surface area (Å²) in [5.74, 6) is 1.99. The molecule has 134 valence electrons. The predicted molar refractivity (Wildman–Crippen MR) is 89.7 cm³/mol.